The second-order valence-electron chi connectivity index (χ2n) is 3.17. The highest BCUT2D eigenvalue weighted by Gasteiger charge is 2.21. The van der Waals surface area contributed by atoms with E-state index in [1.807, 2.05) is 0 Å². The van der Waals surface area contributed by atoms with Gasteiger partial charge in [-0.1, -0.05) is 0 Å². The SMILES string of the molecule is CC(CO)(CO)NCCS(N)(=O)=O. The van der Waals surface area contributed by atoms with Crippen LogP contribution in [-0.4, -0.2) is 49.7 Å². The molecule has 5 N–H and O–H groups in total. The van der Waals surface area contributed by atoms with E-state index in [4.69, 9.17) is 15.4 Å². The number of rotatable bonds is 6. The Hall–Kier alpha value is -0.210. The van der Waals surface area contributed by atoms with Gasteiger partial charge in [0.05, 0.1) is 24.5 Å². The van der Waals surface area contributed by atoms with E-state index in [0.717, 1.165) is 0 Å². The van der Waals surface area contributed by atoms with Crippen molar-refractivity contribution in [2.45, 2.75) is 12.5 Å². The van der Waals surface area contributed by atoms with Crippen LogP contribution in [0.5, 0.6) is 0 Å². The Kier molecular flexibility index (Phi) is 4.79. The zero-order chi connectivity index (χ0) is 10.5. The van der Waals surface area contributed by atoms with Gasteiger partial charge in [0.15, 0.2) is 0 Å². The molecule has 13 heavy (non-hydrogen) atoms. The minimum Gasteiger partial charge on any atom is -0.394 e. The first-order valence-corrected chi connectivity index (χ1v) is 5.52. The zero-order valence-electron chi connectivity index (χ0n) is 7.52. The predicted octanol–water partition coefficient (Wildman–Crippen LogP) is -2.39. The van der Waals surface area contributed by atoms with E-state index >= 15 is 0 Å². The molecular formula is C6H16N2O4S. The zero-order valence-corrected chi connectivity index (χ0v) is 8.34. The first kappa shape index (κ1) is 12.8. The second kappa shape index (κ2) is 4.87. The number of nitrogens with one attached hydrogen (secondary N) is 1. The number of aliphatic hydroxyl groups excluding tert-OH is 2. The summed E-state index contributed by atoms with van der Waals surface area (Å²) in [5.74, 6) is -0.220. The molecule has 0 amide bonds. The maximum Gasteiger partial charge on any atom is 0.210 e. The third-order valence-corrected chi connectivity index (χ3v) is 2.41. The van der Waals surface area contributed by atoms with Gasteiger partial charge in [0.1, 0.15) is 0 Å². The van der Waals surface area contributed by atoms with Gasteiger partial charge in [0.2, 0.25) is 10.0 Å². The first-order chi connectivity index (χ1) is 5.83. The van der Waals surface area contributed by atoms with E-state index in [0.29, 0.717) is 0 Å². The Bertz CT molecular complexity index is 235. The molecule has 0 atom stereocenters. The Morgan fingerprint density at radius 1 is 1.38 bits per heavy atom. The molecule has 0 fully saturated rings. The molecule has 0 spiro atoms. The third kappa shape index (κ3) is 5.94. The van der Waals surface area contributed by atoms with Gasteiger partial charge in [0.25, 0.3) is 0 Å². The topological polar surface area (TPSA) is 113 Å². The van der Waals surface area contributed by atoms with Crippen LogP contribution in [0.3, 0.4) is 0 Å². The van der Waals surface area contributed by atoms with Gasteiger partial charge in [-0.25, -0.2) is 13.6 Å². The summed E-state index contributed by atoms with van der Waals surface area (Å²) in [5.41, 5.74) is -0.856. The molecule has 0 unspecified atom stereocenters. The van der Waals surface area contributed by atoms with Crippen LogP contribution in [0, 0.1) is 0 Å². The molecule has 0 aromatic heterocycles. The molecular weight excluding hydrogens is 196 g/mol. The normalized spacial score (nSPS) is 13.2. The fourth-order valence-corrected chi connectivity index (χ4v) is 1.04. The Labute approximate surface area is 77.8 Å². The molecule has 6 nitrogen and oxygen atoms in total. The monoisotopic (exact) mass is 212 g/mol. The molecule has 80 valence electrons. The highest BCUT2D eigenvalue weighted by Crippen LogP contribution is 1.99. The number of primary sulfonamides is 1. The van der Waals surface area contributed by atoms with Gasteiger partial charge < -0.3 is 15.5 Å². The lowest BCUT2D eigenvalue weighted by Gasteiger charge is -2.25. The Balaban J connectivity index is 3.88. The van der Waals surface area contributed by atoms with Crippen LogP contribution in [0.4, 0.5) is 0 Å². The van der Waals surface area contributed by atoms with Gasteiger partial charge >= 0.3 is 0 Å². The largest absolute Gasteiger partial charge is 0.394 e. The van der Waals surface area contributed by atoms with Crippen LogP contribution in [0.2, 0.25) is 0 Å². The van der Waals surface area contributed by atoms with Crippen molar-refractivity contribution in [3.05, 3.63) is 0 Å². The third-order valence-electron chi connectivity index (χ3n) is 1.64. The number of nitrogens with two attached hydrogens (primary N) is 1. The lowest BCUT2D eigenvalue weighted by Crippen LogP contribution is -2.50. The molecule has 0 aromatic rings. The molecule has 0 saturated heterocycles. The molecule has 0 rings (SSSR count). The molecule has 0 saturated carbocycles. The number of aliphatic hydroxyl groups is 2. The summed E-state index contributed by atoms with van der Waals surface area (Å²) in [5, 5.41) is 25.1. The van der Waals surface area contributed by atoms with E-state index in [9.17, 15) is 8.42 Å². The molecule has 0 aliphatic rings. The van der Waals surface area contributed by atoms with Gasteiger partial charge in [0, 0.05) is 6.54 Å². The predicted molar refractivity (Wildman–Crippen MR) is 48.6 cm³/mol. The van der Waals surface area contributed by atoms with Gasteiger partial charge in [-0.05, 0) is 6.92 Å². The van der Waals surface area contributed by atoms with Crippen LogP contribution in [0.25, 0.3) is 0 Å². The van der Waals surface area contributed by atoms with Crippen molar-refractivity contribution in [2.75, 3.05) is 25.5 Å². The van der Waals surface area contributed by atoms with Crippen molar-refractivity contribution < 1.29 is 18.6 Å². The average Bonchev–Trinajstić information content (AvgIpc) is 2.02. The molecule has 0 radical (unpaired) electrons. The Morgan fingerprint density at radius 3 is 2.15 bits per heavy atom. The maximum atomic E-state index is 10.5. The van der Waals surface area contributed by atoms with Gasteiger partial charge in [-0.2, -0.15) is 0 Å². The van der Waals surface area contributed by atoms with Crippen LogP contribution >= 0.6 is 0 Å². The fourth-order valence-electron chi connectivity index (χ4n) is 0.657. The number of hydrogen-bond donors (Lipinski definition) is 4. The quantitative estimate of drug-likeness (QED) is 0.392. The summed E-state index contributed by atoms with van der Waals surface area (Å²) in [6.07, 6.45) is 0. The van der Waals surface area contributed by atoms with Crippen molar-refractivity contribution in [2.24, 2.45) is 5.14 Å². The lowest BCUT2D eigenvalue weighted by atomic mass is 10.1. The maximum absolute atomic E-state index is 10.5. The molecule has 0 aromatic carbocycles. The number of sulfonamides is 1. The highest BCUT2D eigenvalue weighted by molar-refractivity contribution is 7.89. The van der Waals surface area contributed by atoms with Crippen molar-refractivity contribution in [3.8, 4) is 0 Å². The lowest BCUT2D eigenvalue weighted by molar-refractivity contribution is 0.106. The number of hydrogen-bond acceptors (Lipinski definition) is 5. The smallest absolute Gasteiger partial charge is 0.210 e. The first-order valence-electron chi connectivity index (χ1n) is 3.80. The van der Waals surface area contributed by atoms with E-state index in [-0.39, 0.29) is 25.5 Å². The second-order valence-corrected chi connectivity index (χ2v) is 4.90. The van der Waals surface area contributed by atoms with Crippen molar-refractivity contribution in [3.63, 3.8) is 0 Å². The minimum atomic E-state index is -3.49. The highest BCUT2D eigenvalue weighted by atomic mass is 32.2. The van der Waals surface area contributed by atoms with Gasteiger partial charge in [-0.15, -0.1) is 0 Å². The summed E-state index contributed by atoms with van der Waals surface area (Å²) in [6.45, 7) is 1.15. The molecule has 0 aliphatic carbocycles. The van der Waals surface area contributed by atoms with Crippen LogP contribution in [-0.2, 0) is 10.0 Å². The molecule has 0 bridgehead atoms. The molecule has 0 heterocycles. The van der Waals surface area contributed by atoms with Crippen LogP contribution in [0.15, 0.2) is 0 Å². The summed E-state index contributed by atoms with van der Waals surface area (Å²) in [4.78, 5) is 0. The van der Waals surface area contributed by atoms with Crippen molar-refractivity contribution in [1.29, 1.82) is 0 Å². The summed E-state index contributed by atoms with van der Waals surface area (Å²) >= 11 is 0. The summed E-state index contributed by atoms with van der Waals surface area (Å²) < 4.78 is 21.0. The summed E-state index contributed by atoms with van der Waals surface area (Å²) in [6, 6.07) is 0. The molecule has 0 aliphatic heterocycles. The van der Waals surface area contributed by atoms with E-state index in [1.165, 1.54) is 0 Å². The van der Waals surface area contributed by atoms with Gasteiger partial charge in [-0.3, -0.25) is 0 Å². The standard InChI is InChI=1S/C6H16N2O4S/c1-6(4-9,5-10)8-2-3-13(7,11)12/h8-10H,2-5H2,1H3,(H2,7,11,12). The van der Waals surface area contributed by atoms with Crippen LogP contribution in [0.1, 0.15) is 6.92 Å². The van der Waals surface area contributed by atoms with Crippen molar-refractivity contribution in [1.82, 2.24) is 5.32 Å². The Morgan fingerprint density at radius 2 is 1.85 bits per heavy atom. The van der Waals surface area contributed by atoms with Crippen LogP contribution < -0.4 is 10.5 Å². The summed E-state index contributed by atoms with van der Waals surface area (Å²) in [7, 11) is -3.49. The van der Waals surface area contributed by atoms with E-state index in [2.05, 4.69) is 5.32 Å². The fraction of sp³-hybridized carbons (Fsp3) is 1.00. The average molecular weight is 212 g/mol. The van der Waals surface area contributed by atoms with E-state index < -0.39 is 15.6 Å². The van der Waals surface area contributed by atoms with E-state index in [1.54, 1.807) is 6.92 Å². The molecule has 7 heteroatoms. The van der Waals surface area contributed by atoms with Crippen molar-refractivity contribution >= 4 is 10.0 Å². The minimum absolute atomic E-state index is 0.108.